The first-order chi connectivity index (χ1) is 15.6. The molecule has 0 fully saturated rings. The lowest BCUT2D eigenvalue weighted by molar-refractivity contribution is 0.222. The fraction of sp³-hybridized carbons (Fsp3) is 0.444. The van der Waals surface area contributed by atoms with Crippen molar-refractivity contribution in [3.63, 3.8) is 0 Å². The van der Waals surface area contributed by atoms with Gasteiger partial charge in [-0.2, -0.15) is 5.26 Å². The second-order valence-electron chi connectivity index (χ2n) is 7.48. The van der Waals surface area contributed by atoms with Gasteiger partial charge in [0.15, 0.2) is 0 Å². The summed E-state index contributed by atoms with van der Waals surface area (Å²) in [5.41, 5.74) is 2.36. The molecule has 0 N–H and O–H groups in total. The zero-order valence-electron chi connectivity index (χ0n) is 20.0. The van der Waals surface area contributed by atoms with Gasteiger partial charge >= 0.3 is 0 Å². The van der Waals surface area contributed by atoms with Crippen molar-refractivity contribution >= 4 is 11.6 Å². The molecular weight excluding hydrogens is 398 g/mol. The van der Waals surface area contributed by atoms with Crippen LogP contribution in [0.25, 0.3) is 11.6 Å². The molecule has 2 aromatic carbocycles. The minimum atomic E-state index is 0.597. The summed E-state index contributed by atoms with van der Waals surface area (Å²) in [6.07, 6.45) is 1.89. The molecule has 0 spiro atoms. The highest BCUT2D eigenvalue weighted by molar-refractivity contribution is 5.90. The summed E-state index contributed by atoms with van der Waals surface area (Å²) in [6.45, 7) is 15.7. The maximum atomic E-state index is 9.77. The number of hydrogen-bond donors (Lipinski definition) is 0. The first kappa shape index (κ1) is 25.5. The summed E-state index contributed by atoms with van der Waals surface area (Å²) in [7, 11) is 0. The van der Waals surface area contributed by atoms with E-state index < -0.39 is 0 Å². The van der Waals surface area contributed by atoms with Gasteiger partial charge in [-0.1, -0.05) is 45.9 Å². The van der Waals surface area contributed by atoms with Crippen molar-refractivity contribution in [2.24, 2.45) is 0 Å². The Bertz CT molecular complexity index is 863. The zero-order valence-corrected chi connectivity index (χ0v) is 20.0. The number of para-hydroxylation sites is 1. The predicted molar refractivity (Wildman–Crippen MR) is 133 cm³/mol. The van der Waals surface area contributed by atoms with Crippen molar-refractivity contribution in [1.82, 2.24) is 9.80 Å². The third kappa shape index (κ3) is 8.03. The Labute approximate surface area is 193 Å². The van der Waals surface area contributed by atoms with E-state index in [4.69, 9.17) is 9.47 Å². The summed E-state index contributed by atoms with van der Waals surface area (Å²) >= 11 is 0. The fourth-order valence-corrected chi connectivity index (χ4v) is 3.45. The van der Waals surface area contributed by atoms with Gasteiger partial charge in [0, 0.05) is 18.7 Å². The Kier molecular flexibility index (Phi) is 11.4. The highest BCUT2D eigenvalue weighted by Crippen LogP contribution is 2.25. The van der Waals surface area contributed by atoms with Crippen molar-refractivity contribution in [2.75, 3.05) is 52.5 Å². The monoisotopic (exact) mass is 435 g/mol. The van der Waals surface area contributed by atoms with Crippen LogP contribution in [0.4, 0.5) is 0 Å². The molecule has 0 saturated heterocycles. The maximum Gasteiger partial charge on any atom is 0.126 e. The van der Waals surface area contributed by atoms with Crippen LogP contribution in [-0.4, -0.2) is 62.3 Å². The van der Waals surface area contributed by atoms with Gasteiger partial charge in [0.05, 0.1) is 11.6 Å². The van der Waals surface area contributed by atoms with E-state index in [1.54, 1.807) is 0 Å². The molecule has 0 heterocycles. The van der Waals surface area contributed by atoms with Crippen LogP contribution in [-0.2, 0) is 0 Å². The molecule has 0 radical (unpaired) electrons. The molecule has 0 aromatic heterocycles. The van der Waals surface area contributed by atoms with Crippen molar-refractivity contribution in [2.45, 2.75) is 27.7 Å². The minimum absolute atomic E-state index is 0.597. The molecule has 0 saturated carbocycles. The Morgan fingerprint density at radius 1 is 0.812 bits per heavy atom. The van der Waals surface area contributed by atoms with Crippen molar-refractivity contribution in [1.29, 1.82) is 5.26 Å². The Hall–Kier alpha value is -2.81. The number of ether oxygens (including phenoxy) is 2. The summed E-state index contributed by atoms with van der Waals surface area (Å²) in [5, 5.41) is 9.77. The minimum Gasteiger partial charge on any atom is -0.492 e. The topological polar surface area (TPSA) is 48.7 Å². The number of likely N-dealkylation sites (N-methyl/N-ethyl adjacent to an activating group) is 2. The summed E-state index contributed by atoms with van der Waals surface area (Å²) in [4.78, 5) is 4.65. The first-order valence-electron chi connectivity index (χ1n) is 11.7. The average Bonchev–Trinajstić information content (AvgIpc) is 2.84. The van der Waals surface area contributed by atoms with E-state index >= 15 is 0 Å². The molecule has 0 atom stereocenters. The third-order valence-electron chi connectivity index (χ3n) is 5.63. The molecule has 0 aliphatic carbocycles. The van der Waals surface area contributed by atoms with Crippen LogP contribution in [0.3, 0.4) is 0 Å². The van der Waals surface area contributed by atoms with E-state index in [0.717, 1.165) is 61.9 Å². The quantitative estimate of drug-likeness (QED) is 0.302. The van der Waals surface area contributed by atoms with Gasteiger partial charge in [-0.25, -0.2) is 0 Å². The van der Waals surface area contributed by atoms with Gasteiger partial charge in [-0.05, 0) is 68.2 Å². The average molecular weight is 436 g/mol. The van der Waals surface area contributed by atoms with Gasteiger partial charge in [-0.3, -0.25) is 0 Å². The van der Waals surface area contributed by atoms with Gasteiger partial charge in [0.25, 0.3) is 0 Å². The zero-order chi connectivity index (χ0) is 23.2. The lowest BCUT2D eigenvalue weighted by atomic mass is 10.0. The number of rotatable bonds is 14. The van der Waals surface area contributed by atoms with Gasteiger partial charge in [0.2, 0.25) is 0 Å². The normalized spacial score (nSPS) is 11.6. The third-order valence-corrected chi connectivity index (χ3v) is 5.63. The molecule has 5 nitrogen and oxygen atoms in total. The van der Waals surface area contributed by atoms with Crippen LogP contribution in [0.1, 0.15) is 38.8 Å². The first-order valence-corrected chi connectivity index (χ1v) is 11.7. The molecule has 5 heteroatoms. The summed E-state index contributed by atoms with van der Waals surface area (Å²) in [5.74, 6) is 1.61. The molecule has 172 valence electrons. The van der Waals surface area contributed by atoms with Crippen LogP contribution in [0, 0.1) is 11.3 Å². The van der Waals surface area contributed by atoms with Crippen LogP contribution in [0.2, 0.25) is 0 Å². The molecule has 2 rings (SSSR count). The van der Waals surface area contributed by atoms with E-state index in [1.165, 1.54) is 0 Å². The number of hydrogen-bond acceptors (Lipinski definition) is 5. The molecule has 2 aromatic rings. The van der Waals surface area contributed by atoms with E-state index in [2.05, 4.69) is 43.6 Å². The Balaban J connectivity index is 2.05. The second-order valence-corrected chi connectivity index (χ2v) is 7.48. The van der Waals surface area contributed by atoms with Gasteiger partial charge in [-0.15, -0.1) is 0 Å². The van der Waals surface area contributed by atoms with Crippen molar-refractivity contribution in [3.8, 4) is 17.6 Å². The molecule has 32 heavy (non-hydrogen) atoms. The van der Waals surface area contributed by atoms with Crippen LogP contribution >= 0.6 is 0 Å². The smallest absolute Gasteiger partial charge is 0.126 e. The van der Waals surface area contributed by atoms with Crippen LogP contribution < -0.4 is 9.47 Å². The molecule has 0 aliphatic rings. The van der Waals surface area contributed by atoms with Crippen molar-refractivity contribution in [3.05, 3.63) is 59.7 Å². The SMILES string of the molecule is CCN(CC)CCOc1ccc(/C(C#N)=C/c2ccccc2OCCN(CC)CC)cc1. The fourth-order valence-electron chi connectivity index (χ4n) is 3.45. The number of nitrogens with zero attached hydrogens (tertiary/aromatic N) is 3. The molecule has 0 amide bonds. The number of allylic oxidation sites excluding steroid dienone is 1. The molecule has 0 unspecified atom stereocenters. The Morgan fingerprint density at radius 3 is 1.94 bits per heavy atom. The number of benzene rings is 2. The molecule has 0 bridgehead atoms. The maximum absolute atomic E-state index is 9.77. The van der Waals surface area contributed by atoms with Crippen molar-refractivity contribution < 1.29 is 9.47 Å². The van der Waals surface area contributed by atoms with E-state index in [0.29, 0.717) is 18.8 Å². The number of nitriles is 1. The molecular formula is C27H37N3O2. The molecule has 0 aliphatic heterocycles. The largest absolute Gasteiger partial charge is 0.492 e. The summed E-state index contributed by atoms with van der Waals surface area (Å²) in [6, 6.07) is 17.9. The van der Waals surface area contributed by atoms with E-state index in [9.17, 15) is 5.26 Å². The van der Waals surface area contributed by atoms with Gasteiger partial charge in [0.1, 0.15) is 24.7 Å². The predicted octanol–water partition coefficient (Wildman–Crippen LogP) is 5.19. The lowest BCUT2D eigenvalue weighted by Gasteiger charge is -2.18. The highest BCUT2D eigenvalue weighted by atomic mass is 16.5. The highest BCUT2D eigenvalue weighted by Gasteiger charge is 2.07. The Morgan fingerprint density at radius 2 is 1.38 bits per heavy atom. The summed E-state index contributed by atoms with van der Waals surface area (Å²) < 4.78 is 11.9. The van der Waals surface area contributed by atoms with Crippen LogP contribution in [0.15, 0.2) is 48.5 Å². The lowest BCUT2D eigenvalue weighted by Crippen LogP contribution is -2.27. The van der Waals surface area contributed by atoms with Gasteiger partial charge < -0.3 is 19.3 Å². The standard InChI is InChI=1S/C27H37N3O2/c1-5-29(6-2)17-19-31-26-15-13-23(14-16-26)25(22-28)21-24-11-9-10-12-27(24)32-20-18-30(7-3)8-4/h9-16,21H,5-8,17-20H2,1-4H3/b25-21+. The second kappa shape index (κ2) is 14.3. The van der Waals surface area contributed by atoms with E-state index in [-0.39, 0.29) is 0 Å². The van der Waals surface area contributed by atoms with E-state index in [1.807, 2.05) is 54.6 Å². The van der Waals surface area contributed by atoms with Crippen LogP contribution in [0.5, 0.6) is 11.5 Å².